The molecule has 0 aliphatic carbocycles. The first kappa shape index (κ1) is 23.0. The Balaban J connectivity index is 1.45. The van der Waals surface area contributed by atoms with Gasteiger partial charge in [-0.2, -0.15) is 0 Å². The van der Waals surface area contributed by atoms with Crippen LogP contribution in [0.2, 0.25) is 0 Å². The molecule has 0 aliphatic rings. The summed E-state index contributed by atoms with van der Waals surface area (Å²) < 4.78 is 13.9. The lowest BCUT2D eigenvalue weighted by Crippen LogP contribution is -2.21. The van der Waals surface area contributed by atoms with E-state index in [-0.39, 0.29) is 23.0 Å². The fourth-order valence-corrected chi connectivity index (χ4v) is 3.76. The molecule has 0 fully saturated rings. The maximum absolute atomic E-state index is 13.0. The molecule has 0 saturated carbocycles. The lowest BCUT2D eigenvalue weighted by atomic mass is 10.0. The van der Waals surface area contributed by atoms with Crippen LogP contribution in [0.5, 0.6) is 11.5 Å². The van der Waals surface area contributed by atoms with E-state index in [1.54, 1.807) is 30.0 Å². The molecule has 4 rings (SSSR count). The number of anilines is 1. The first-order valence-electron chi connectivity index (χ1n) is 11.1. The molecule has 0 unspecified atom stereocenters. The number of carbonyl (C=O) groups is 1. The van der Waals surface area contributed by atoms with Gasteiger partial charge in [-0.05, 0) is 49.2 Å². The second kappa shape index (κ2) is 10.2. The van der Waals surface area contributed by atoms with Crippen LogP contribution in [0.3, 0.4) is 0 Å². The van der Waals surface area contributed by atoms with Crippen LogP contribution < -0.4 is 20.3 Å². The van der Waals surface area contributed by atoms with Gasteiger partial charge in [0.25, 0.3) is 0 Å². The molecule has 0 bridgehead atoms. The molecule has 2 aromatic carbocycles. The maximum atomic E-state index is 13.0. The lowest BCUT2D eigenvalue weighted by molar-refractivity contribution is -0.116. The van der Waals surface area contributed by atoms with Crippen molar-refractivity contribution in [1.29, 1.82) is 0 Å². The molecule has 176 valence electrons. The Labute approximate surface area is 197 Å². The third-order valence-corrected chi connectivity index (χ3v) is 5.39. The second-order valence-corrected chi connectivity index (χ2v) is 8.00. The van der Waals surface area contributed by atoms with Gasteiger partial charge >= 0.3 is 5.56 Å². The number of hydrogen-bond donors (Lipinski definition) is 1. The number of nitrogens with one attached hydrogen (secondary N) is 1. The predicted molar refractivity (Wildman–Crippen MR) is 129 cm³/mol. The minimum Gasteiger partial charge on any atom is -0.497 e. The van der Waals surface area contributed by atoms with Gasteiger partial charge in [-0.25, -0.2) is 0 Å². The maximum Gasteiger partial charge on any atom is 0.300 e. The van der Waals surface area contributed by atoms with Crippen molar-refractivity contribution in [3.63, 3.8) is 0 Å². The molecule has 9 heteroatoms. The Hall–Kier alpha value is -4.14. The zero-order valence-electron chi connectivity index (χ0n) is 19.4. The molecular formula is C25H27N5O4. The predicted octanol–water partition coefficient (Wildman–Crippen LogP) is 3.49. The molecule has 2 heterocycles. The molecule has 34 heavy (non-hydrogen) atoms. The molecule has 1 atom stereocenters. The van der Waals surface area contributed by atoms with E-state index in [9.17, 15) is 9.59 Å². The Morgan fingerprint density at radius 3 is 2.62 bits per heavy atom. The summed E-state index contributed by atoms with van der Waals surface area (Å²) in [6.07, 6.45) is 4.26. The van der Waals surface area contributed by atoms with E-state index in [0.717, 1.165) is 5.75 Å². The monoisotopic (exact) mass is 461 g/mol. The van der Waals surface area contributed by atoms with Gasteiger partial charge in [0.2, 0.25) is 11.6 Å². The third-order valence-electron chi connectivity index (χ3n) is 5.39. The number of hydrogen-bond acceptors (Lipinski definition) is 6. The van der Waals surface area contributed by atoms with Crippen molar-refractivity contribution < 1.29 is 14.3 Å². The van der Waals surface area contributed by atoms with Crippen LogP contribution in [0.25, 0.3) is 11.3 Å². The summed E-state index contributed by atoms with van der Waals surface area (Å²) in [4.78, 5) is 25.5. The Morgan fingerprint density at radius 2 is 1.88 bits per heavy atom. The highest BCUT2D eigenvalue weighted by Gasteiger charge is 2.16. The highest BCUT2D eigenvalue weighted by molar-refractivity contribution is 5.91. The van der Waals surface area contributed by atoms with E-state index in [1.165, 1.54) is 4.57 Å². The summed E-state index contributed by atoms with van der Waals surface area (Å²) in [5.41, 5.74) is 1.36. The van der Waals surface area contributed by atoms with Crippen molar-refractivity contribution in [2.75, 3.05) is 19.0 Å². The van der Waals surface area contributed by atoms with Crippen LogP contribution in [-0.2, 0) is 11.2 Å². The summed E-state index contributed by atoms with van der Waals surface area (Å²) in [5, 5.41) is 11.2. The average Bonchev–Trinajstić information content (AvgIpc) is 3.23. The number of ether oxygens (including phenoxy) is 2. The van der Waals surface area contributed by atoms with Crippen LogP contribution in [0, 0.1) is 5.92 Å². The zero-order chi connectivity index (χ0) is 24.1. The van der Waals surface area contributed by atoms with Crippen molar-refractivity contribution in [1.82, 2.24) is 19.2 Å². The summed E-state index contributed by atoms with van der Waals surface area (Å²) >= 11 is 0. The number of benzene rings is 2. The SMILES string of the molecule is CCOc1ccc(-n2ccn3c(C[C@H](C)CC(=O)Nc4cccc(OC)c4)nnc3c2=O)cc1. The van der Waals surface area contributed by atoms with Crippen LogP contribution in [0.15, 0.2) is 65.7 Å². The van der Waals surface area contributed by atoms with Gasteiger partial charge in [0.1, 0.15) is 17.3 Å². The summed E-state index contributed by atoms with van der Waals surface area (Å²) in [6.45, 7) is 4.46. The van der Waals surface area contributed by atoms with Gasteiger partial charge in [0.05, 0.1) is 13.7 Å². The molecular weight excluding hydrogens is 434 g/mol. The number of carbonyl (C=O) groups excluding carboxylic acids is 1. The number of aromatic nitrogens is 4. The summed E-state index contributed by atoms with van der Waals surface area (Å²) in [5.74, 6) is 1.94. The summed E-state index contributed by atoms with van der Waals surface area (Å²) in [7, 11) is 1.58. The normalized spacial score (nSPS) is 11.9. The van der Waals surface area contributed by atoms with Crippen molar-refractivity contribution >= 4 is 17.2 Å². The van der Waals surface area contributed by atoms with E-state index in [1.807, 2.05) is 56.3 Å². The van der Waals surface area contributed by atoms with Gasteiger partial charge in [-0.1, -0.05) is 13.0 Å². The Bertz CT molecular complexity index is 1340. The standard InChI is InChI=1S/C25H27N5O4/c1-4-34-20-10-8-19(9-11-20)29-12-13-30-22(27-28-24(30)25(29)32)14-17(2)15-23(31)26-18-6-5-7-21(16-18)33-3/h5-13,16-17H,4,14-15H2,1-3H3,(H,26,31)/t17-/m0/s1. The summed E-state index contributed by atoms with van der Waals surface area (Å²) in [6, 6.07) is 14.5. The van der Waals surface area contributed by atoms with Crippen molar-refractivity contribution in [3.8, 4) is 17.2 Å². The molecule has 1 amide bonds. The fourth-order valence-electron chi connectivity index (χ4n) is 3.76. The smallest absolute Gasteiger partial charge is 0.300 e. The number of fused-ring (bicyclic) bond motifs is 1. The molecule has 4 aromatic rings. The zero-order valence-corrected chi connectivity index (χ0v) is 19.4. The van der Waals surface area contributed by atoms with Gasteiger partial charge in [-0.15, -0.1) is 10.2 Å². The first-order chi connectivity index (χ1) is 16.5. The van der Waals surface area contributed by atoms with Crippen molar-refractivity contribution in [2.24, 2.45) is 5.92 Å². The minimum atomic E-state index is -0.270. The Morgan fingerprint density at radius 1 is 1.09 bits per heavy atom. The molecule has 1 N–H and O–H groups in total. The van der Waals surface area contributed by atoms with E-state index in [2.05, 4.69) is 15.5 Å². The molecule has 2 aromatic heterocycles. The van der Waals surface area contributed by atoms with Gasteiger partial charge < -0.3 is 14.8 Å². The quantitative estimate of drug-likeness (QED) is 0.410. The lowest BCUT2D eigenvalue weighted by Gasteiger charge is -2.12. The highest BCUT2D eigenvalue weighted by Crippen LogP contribution is 2.19. The number of methoxy groups -OCH3 is 1. The van der Waals surface area contributed by atoms with Crippen LogP contribution >= 0.6 is 0 Å². The van der Waals surface area contributed by atoms with Crippen molar-refractivity contribution in [2.45, 2.75) is 26.7 Å². The largest absolute Gasteiger partial charge is 0.497 e. The Kier molecular flexibility index (Phi) is 6.91. The van der Waals surface area contributed by atoms with Gasteiger partial charge in [0.15, 0.2) is 0 Å². The number of rotatable bonds is 9. The molecule has 0 aliphatic heterocycles. The molecule has 0 saturated heterocycles. The highest BCUT2D eigenvalue weighted by atomic mass is 16.5. The topological polar surface area (TPSA) is 99.8 Å². The number of amides is 1. The average molecular weight is 462 g/mol. The minimum absolute atomic E-state index is 0.00782. The van der Waals surface area contributed by atoms with Crippen LogP contribution in [-0.4, -0.2) is 38.8 Å². The second-order valence-electron chi connectivity index (χ2n) is 8.00. The van der Waals surface area contributed by atoms with E-state index >= 15 is 0 Å². The van der Waals surface area contributed by atoms with E-state index in [4.69, 9.17) is 9.47 Å². The van der Waals surface area contributed by atoms with Crippen LogP contribution in [0.4, 0.5) is 5.69 Å². The third kappa shape index (κ3) is 5.09. The fraction of sp³-hybridized carbons (Fsp3) is 0.280. The molecule has 0 radical (unpaired) electrons. The van der Waals surface area contributed by atoms with Gasteiger partial charge in [0, 0.05) is 42.7 Å². The van der Waals surface area contributed by atoms with Gasteiger partial charge in [-0.3, -0.25) is 18.6 Å². The van der Waals surface area contributed by atoms with E-state index < -0.39 is 0 Å². The molecule has 9 nitrogen and oxygen atoms in total. The van der Waals surface area contributed by atoms with E-state index in [0.29, 0.717) is 42.4 Å². The molecule has 0 spiro atoms. The first-order valence-corrected chi connectivity index (χ1v) is 11.1. The van der Waals surface area contributed by atoms with Crippen LogP contribution in [0.1, 0.15) is 26.1 Å². The number of nitrogens with zero attached hydrogens (tertiary/aromatic N) is 4. The van der Waals surface area contributed by atoms with Crippen molar-refractivity contribution in [3.05, 3.63) is 77.1 Å².